The van der Waals surface area contributed by atoms with Crippen LogP contribution in [0, 0.1) is 6.92 Å². The maximum atomic E-state index is 6.29. The molecule has 2 fully saturated rings. The smallest absolute Gasteiger partial charge is 0.161 e. The summed E-state index contributed by atoms with van der Waals surface area (Å²) in [6.07, 6.45) is 1.87. The van der Waals surface area contributed by atoms with Crippen molar-refractivity contribution in [3.05, 3.63) is 64.9 Å². The zero-order chi connectivity index (χ0) is 23.5. The lowest BCUT2D eigenvalue weighted by Crippen LogP contribution is -2.53. The van der Waals surface area contributed by atoms with Gasteiger partial charge in [-0.1, -0.05) is 29.8 Å². The topological polar surface area (TPSA) is 57.6 Å². The van der Waals surface area contributed by atoms with Crippen LogP contribution in [0.2, 0.25) is 5.02 Å². The number of pyridine rings is 1. The van der Waals surface area contributed by atoms with Gasteiger partial charge in [0.15, 0.2) is 5.82 Å². The minimum absolute atomic E-state index is 0.286. The van der Waals surface area contributed by atoms with Crippen LogP contribution in [0.4, 0.5) is 11.6 Å². The molecule has 0 radical (unpaired) electrons. The van der Waals surface area contributed by atoms with Crippen LogP contribution in [0.1, 0.15) is 18.2 Å². The molecule has 7 nitrogen and oxygen atoms in total. The highest BCUT2D eigenvalue weighted by atomic mass is 35.5. The van der Waals surface area contributed by atoms with Crippen molar-refractivity contribution in [3.8, 4) is 11.4 Å². The van der Waals surface area contributed by atoms with Gasteiger partial charge in [0.25, 0.3) is 0 Å². The minimum Gasteiger partial charge on any atom is -0.379 e. The summed E-state index contributed by atoms with van der Waals surface area (Å²) >= 11 is 6.29. The second kappa shape index (κ2) is 10.3. The zero-order valence-corrected chi connectivity index (χ0v) is 20.6. The van der Waals surface area contributed by atoms with Gasteiger partial charge >= 0.3 is 0 Å². The van der Waals surface area contributed by atoms with Gasteiger partial charge < -0.3 is 14.5 Å². The lowest BCUT2D eigenvalue weighted by molar-refractivity contribution is 0.0336. The molecular weight excluding hydrogens is 448 g/mol. The van der Waals surface area contributed by atoms with Gasteiger partial charge in [-0.25, -0.2) is 15.0 Å². The number of morpholine rings is 1. The van der Waals surface area contributed by atoms with Crippen LogP contribution in [-0.4, -0.2) is 71.8 Å². The van der Waals surface area contributed by atoms with E-state index < -0.39 is 0 Å². The maximum absolute atomic E-state index is 6.29. The molecule has 0 bridgehead atoms. The molecule has 178 valence electrons. The van der Waals surface area contributed by atoms with Crippen molar-refractivity contribution < 1.29 is 4.74 Å². The van der Waals surface area contributed by atoms with Crippen molar-refractivity contribution in [2.45, 2.75) is 26.4 Å². The Morgan fingerprint density at radius 3 is 2.65 bits per heavy atom. The number of aromatic nitrogens is 3. The highest BCUT2D eigenvalue weighted by molar-refractivity contribution is 6.30. The number of halogens is 1. The average Bonchev–Trinajstić information content (AvgIpc) is 2.85. The van der Waals surface area contributed by atoms with E-state index in [4.69, 9.17) is 26.3 Å². The summed E-state index contributed by atoms with van der Waals surface area (Å²) in [5.41, 5.74) is 3.17. The number of hydrogen-bond donors (Lipinski definition) is 0. The molecule has 0 aliphatic carbocycles. The number of ether oxygens (including phenoxy) is 1. The molecule has 0 saturated carbocycles. The first-order valence-corrected chi connectivity index (χ1v) is 12.3. The summed E-state index contributed by atoms with van der Waals surface area (Å²) in [5, 5.41) is 0.689. The molecule has 0 amide bonds. The monoisotopic (exact) mass is 478 g/mol. The molecule has 2 aliphatic heterocycles. The Hall–Kier alpha value is -2.74. The Balaban J connectivity index is 1.43. The van der Waals surface area contributed by atoms with E-state index in [1.807, 2.05) is 36.5 Å². The van der Waals surface area contributed by atoms with Crippen LogP contribution in [0.25, 0.3) is 11.4 Å². The summed E-state index contributed by atoms with van der Waals surface area (Å²) in [4.78, 5) is 21.7. The van der Waals surface area contributed by atoms with Gasteiger partial charge in [-0.15, -0.1) is 0 Å². The Bertz CT molecular complexity index is 1140. The first-order valence-electron chi connectivity index (χ1n) is 11.9. The van der Waals surface area contributed by atoms with Crippen LogP contribution in [0.15, 0.2) is 48.7 Å². The first-order chi connectivity index (χ1) is 16.6. The molecule has 2 aromatic heterocycles. The van der Waals surface area contributed by atoms with Crippen LogP contribution < -0.4 is 9.80 Å². The van der Waals surface area contributed by atoms with E-state index in [0.717, 1.165) is 81.2 Å². The van der Waals surface area contributed by atoms with Crippen LogP contribution in [0.3, 0.4) is 0 Å². The SMILES string of the molecule is Cc1cccnc1N1CCN(c2cc(CN3CCOCC3)nc(-c3cccc(Cl)c3)n2)[C@H](C)C1. The van der Waals surface area contributed by atoms with E-state index in [2.05, 4.69) is 45.7 Å². The number of anilines is 2. The largest absolute Gasteiger partial charge is 0.379 e. The third-order valence-electron chi connectivity index (χ3n) is 6.54. The summed E-state index contributed by atoms with van der Waals surface area (Å²) in [6, 6.07) is 14.3. The second-order valence-electron chi connectivity index (χ2n) is 9.07. The van der Waals surface area contributed by atoms with Gasteiger partial charge in [-0.3, -0.25) is 4.90 Å². The molecule has 34 heavy (non-hydrogen) atoms. The molecule has 2 saturated heterocycles. The molecule has 1 atom stereocenters. The molecular formula is C26H31ClN6O. The molecule has 4 heterocycles. The highest BCUT2D eigenvalue weighted by Crippen LogP contribution is 2.27. The number of piperazine rings is 1. The van der Waals surface area contributed by atoms with Gasteiger partial charge in [0, 0.05) is 68.2 Å². The first kappa shape index (κ1) is 23.0. The molecule has 5 rings (SSSR count). The maximum Gasteiger partial charge on any atom is 0.161 e. The fraction of sp³-hybridized carbons (Fsp3) is 0.423. The van der Waals surface area contributed by atoms with Crippen molar-refractivity contribution in [3.63, 3.8) is 0 Å². The highest BCUT2D eigenvalue weighted by Gasteiger charge is 2.27. The predicted octanol–water partition coefficient (Wildman–Crippen LogP) is 4.05. The summed E-state index contributed by atoms with van der Waals surface area (Å²) in [5.74, 6) is 2.76. The van der Waals surface area contributed by atoms with Gasteiger partial charge in [-0.2, -0.15) is 0 Å². The quantitative estimate of drug-likeness (QED) is 0.548. The molecule has 8 heteroatoms. The van der Waals surface area contributed by atoms with E-state index in [1.54, 1.807) is 0 Å². The van der Waals surface area contributed by atoms with E-state index in [0.29, 0.717) is 5.02 Å². The second-order valence-corrected chi connectivity index (χ2v) is 9.51. The van der Waals surface area contributed by atoms with Crippen LogP contribution in [0.5, 0.6) is 0 Å². The number of aryl methyl sites for hydroxylation is 1. The Morgan fingerprint density at radius 2 is 1.88 bits per heavy atom. The van der Waals surface area contributed by atoms with E-state index in [-0.39, 0.29) is 6.04 Å². The number of benzene rings is 1. The lowest BCUT2D eigenvalue weighted by atomic mass is 10.1. The lowest BCUT2D eigenvalue weighted by Gasteiger charge is -2.41. The van der Waals surface area contributed by atoms with Gasteiger partial charge in [-0.05, 0) is 37.6 Å². The molecule has 3 aromatic rings. The number of nitrogens with zero attached hydrogens (tertiary/aromatic N) is 6. The normalized spacial score (nSPS) is 19.4. The standard InChI is InChI=1S/C26H31ClN6O/c1-19-5-4-8-28-26(19)32-9-10-33(20(2)17-32)24-16-23(18-31-11-13-34-14-12-31)29-25(30-24)21-6-3-7-22(27)15-21/h3-8,15-16,20H,9-14,17-18H2,1-2H3/t20-/m1/s1. The average molecular weight is 479 g/mol. The molecule has 1 aromatic carbocycles. The number of rotatable bonds is 5. The number of hydrogen-bond acceptors (Lipinski definition) is 7. The Morgan fingerprint density at radius 1 is 1.03 bits per heavy atom. The van der Waals surface area contributed by atoms with Crippen molar-refractivity contribution in [1.29, 1.82) is 0 Å². The van der Waals surface area contributed by atoms with E-state index in [1.165, 1.54) is 5.56 Å². The van der Waals surface area contributed by atoms with Crippen molar-refractivity contribution in [2.75, 3.05) is 55.7 Å². The van der Waals surface area contributed by atoms with Crippen molar-refractivity contribution >= 4 is 23.2 Å². The zero-order valence-electron chi connectivity index (χ0n) is 19.8. The fourth-order valence-corrected chi connectivity index (χ4v) is 4.95. The summed E-state index contributed by atoms with van der Waals surface area (Å²) in [6.45, 7) is 11.2. The van der Waals surface area contributed by atoms with Crippen LogP contribution in [-0.2, 0) is 11.3 Å². The molecule has 2 aliphatic rings. The van der Waals surface area contributed by atoms with Gasteiger partial charge in [0.2, 0.25) is 0 Å². The Kier molecular flexibility index (Phi) is 6.94. The minimum atomic E-state index is 0.286. The Labute approximate surface area is 206 Å². The predicted molar refractivity (Wildman–Crippen MR) is 137 cm³/mol. The van der Waals surface area contributed by atoms with Crippen molar-refractivity contribution in [2.24, 2.45) is 0 Å². The van der Waals surface area contributed by atoms with Crippen molar-refractivity contribution in [1.82, 2.24) is 19.9 Å². The third-order valence-corrected chi connectivity index (χ3v) is 6.78. The van der Waals surface area contributed by atoms with Crippen LogP contribution >= 0.6 is 11.6 Å². The summed E-state index contributed by atoms with van der Waals surface area (Å²) < 4.78 is 5.52. The third kappa shape index (κ3) is 5.17. The molecule has 0 unspecified atom stereocenters. The molecule has 0 spiro atoms. The van der Waals surface area contributed by atoms with E-state index in [9.17, 15) is 0 Å². The van der Waals surface area contributed by atoms with Gasteiger partial charge in [0.05, 0.1) is 18.9 Å². The van der Waals surface area contributed by atoms with Gasteiger partial charge in [0.1, 0.15) is 11.6 Å². The summed E-state index contributed by atoms with van der Waals surface area (Å²) in [7, 11) is 0. The fourth-order valence-electron chi connectivity index (χ4n) is 4.76. The van der Waals surface area contributed by atoms with E-state index >= 15 is 0 Å². The molecule has 0 N–H and O–H groups in total.